The van der Waals surface area contributed by atoms with Gasteiger partial charge in [0.15, 0.2) is 0 Å². The molecule has 0 amide bonds. The van der Waals surface area contributed by atoms with Gasteiger partial charge in [-0.25, -0.2) is 4.98 Å². The van der Waals surface area contributed by atoms with Crippen LogP contribution in [0.1, 0.15) is 24.8 Å². The van der Waals surface area contributed by atoms with E-state index in [0.29, 0.717) is 0 Å². The first-order valence-corrected chi connectivity index (χ1v) is 6.23. The molecule has 7 nitrogen and oxygen atoms in total. The van der Waals surface area contributed by atoms with Crippen molar-refractivity contribution < 1.29 is 4.92 Å². The maximum Gasteiger partial charge on any atom is 0.328 e. The summed E-state index contributed by atoms with van der Waals surface area (Å²) < 4.78 is 0. The predicted octanol–water partition coefficient (Wildman–Crippen LogP) is 1.42. The number of pyridine rings is 1. The third kappa shape index (κ3) is 3.17. The fourth-order valence-corrected chi connectivity index (χ4v) is 2.17. The van der Waals surface area contributed by atoms with Crippen LogP contribution in [0.25, 0.3) is 0 Å². The molecule has 1 aliphatic rings. The second-order valence-corrected chi connectivity index (χ2v) is 4.47. The van der Waals surface area contributed by atoms with E-state index in [9.17, 15) is 10.1 Å². The van der Waals surface area contributed by atoms with Crippen molar-refractivity contribution in [3.8, 4) is 6.07 Å². The molecule has 1 aliphatic heterocycles. The summed E-state index contributed by atoms with van der Waals surface area (Å²) in [6.07, 6.45) is 4.52. The van der Waals surface area contributed by atoms with Crippen molar-refractivity contribution in [3.05, 3.63) is 27.9 Å². The van der Waals surface area contributed by atoms with Gasteiger partial charge in [-0.05, 0) is 25.5 Å². The van der Waals surface area contributed by atoms with Gasteiger partial charge < -0.3 is 10.6 Å². The van der Waals surface area contributed by atoms with Crippen molar-refractivity contribution >= 4 is 11.5 Å². The smallest absolute Gasteiger partial charge is 0.328 e. The first kappa shape index (κ1) is 13.2. The number of nitrogens with zero attached hydrogens (tertiary/aromatic N) is 3. The van der Waals surface area contributed by atoms with Crippen LogP contribution in [0, 0.1) is 21.4 Å². The van der Waals surface area contributed by atoms with Crippen LogP contribution < -0.4 is 10.6 Å². The van der Waals surface area contributed by atoms with E-state index in [0.717, 1.165) is 32.4 Å². The van der Waals surface area contributed by atoms with Crippen molar-refractivity contribution in [1.29, 1.82) is 5.26 Å². The number of anilines is 1. The number of hydrogen-bond acceptors (Lipinski definition) is 6. The minimum atomic E-state index is -0.558. The summed E-state index contributed by atoms with van der Waals surface area (Å²) >= 11 is 0. The minimum absolute atomic E-state index is 0.0316. The third-order valence-corrected chi connectivity index (χ3v) is 3.12. The summed E-state index contributed by atoms with van der Waals surface area (Å²) in [5, 5.41) is 26.3. The highest BCUT2D eigenvalue weighted by atomic mass is 16.6. The summed E-state index contributed by atoms with van der Waals surface area (Å²) in [5.41, 5.74) is -0.210. The molecular formula is C12H15N5O2. The monoisotopic (exact) mass is 261 g/mol. The zero-order chi connectivity index (χ0) is 13.7. The van der Waals surface area contributed by atoms with Crippen molar-refractivity contribution in [2.45, 2.75) is 25.3 Å². The topological polar surface area (TPSA) is 104 Å². The van der Waals surface area contributed by atoms with Crippen molar-refractivity contribution in [2.75, 3.05) is 18.4 Å². The molecule has 1 fully saturated rings. The average molecular weight is 261 g/mol. The van der Waals surface area contributed by atoms with E-state index in [1.54, 1.807) is 0 Å². The Morgan fingerprint density at radius 3 is 3.16 bits per heavy atom. The summed E-state index contributed by atoms with van der Waals surface area (Å²) in [4.78, 5) is 14.5. The summed E-state index contributed by atoms with van der Waals surface area (Å²) in [6.45, 7) is 1.71. The maximum absolute atomic E-state index is 11.1. The summed E-state index contributed by atoms with van der Waals surface area (Å²) in [7, 11) is 0. The van der Waals surface area contributed by atoms with E-state index in [-0.39, 0.29) is 23.1 Å². The average Bonchev–Trinajstić information content (AvgIpc) is 2.66. The van der Waals surface area contributed by atoms with Crippen LogP contribution >= 0.6 is 0 Å². The molecule has 0 aliphatic carbocycles. The zero-order valence-corrected chi connectivity index (χ0v) is 10.4. The molecule has 100 valence electrons. The number of nitro groups is 1. The first-order chi connectivity index (χ1) is 9.22. The van der Waals surface area contributed by atoms with Crippen LogP contribution in [0.4, 0.5) is 11.5 Å². The molecule has 0 radical (unpaired) electrons. The van der Waals surface area contributed by atoms with E-state index < -0.39 is 4.92 Å². The largest absolute Gasteiger partial charge is 0.360 e. The quantitative estimate of drug-likeness (QED) is 0.629. The molecular weight excluding hydrogens is 246 g/mol. The Morgan fingerprint density at radius 2 is 2.42 bits per heavy atom. The highest BCUT2D eigenvalue weighted by Crippen LogP contribution is 2.26. The van der Waals surface area contributed by atoms with Crippen molar-refractivity contribution in [2.24, 2.45) is 0 Å². The van der Waals surface area contributed by atoms with Crippen LogP contribution in [0.5, 0.6) is 0 Å². The molecule has 1 unspecified atom stereocenters. The van der Waals surface area contributed by atoms with E-state index in [1.807, 2.05) is 6.07 Å². The second kappa shape index (κ2) is 6.11. The van der Waals surface area contributed by atoms with Gasteiger partial charge in [0.2, 0.25) is 5.82 Å². The van der Waals surface area contributed by atoms with Gasteiger partial charge in [-0.1, -0.05) is 6.42 Å². The number of nitriles is 1. The molecule has 19 heavy (non-hydrogen) atoms. The van der Waals surface area contributed by atoms with Gasteiger partial charge in [0, 0.05) is 18.8 Å². The molecule has 1 atom stereocenters. The molecule has 2 N–H and O–H groups in total. The lowest BCUT2D eigenvalue weighted by Gasteiger charge is -2.16. The maximum atomic E-state index is 11.1. The molecule has 0 spiro atoms. The zero-order valence-electron chi connectivity index (χ0n) is 10.4. The number of hydrogen-bond donors (Lipinski definition) is 2. The standard InChI is InChI=1S/C12H15N5O2/c13-7-9-4-6-15-12(11(9)17(18)19)16-10-3-1-2-5-14-8-10/h4,6,10,14H,1-3,5,8H2,(H,15,16). The summed E-state index contributed by atoms with van der Waals surface area (Å²) in [5.74, 6) is 0.178. The number of rotatable bonds is 3. The van der Waals surface area contributed by atoms with Gasteiger partial charge in [0.05, 0.1) is 4.92 Å². The van der Waals surface area contributed by atoms with Gasteiger partial charge in [-0.3, -0.25) is 10.1 Å². The normalized spacial score (nSPS) is 19.2. The molecule has 7 heteroatoms. The molecule has 2 heterocycles. The van der Waals surface area contributed by atoms with Crippen molar-refractivity contribution in [1.82, 2.24) is 10.3 Å². The fraction of sp³-hybridized carbons (Fsp3) is 0.500. The van der Waals surface area contributed by atoms with Crippen LogP contribution in [-0.4, -0.2) is 29.0 Å². The Labute approximate surface area is 110 Å². The highest BCUT2D eigenvalue weighted by molar-refractivity contribution is 5.64. The molecule has 1 saturated heterocycles. The van der Waals surface area contributed by atoms with Gasteiger partial charge in [0.25, 0.3) is 0 Å². The van der Waals surface area contributed by atoms with Crippen LogP contribution in [0.3, 0.4) is 0 Å². The van der Waals surface area contributed by atoms with E-state index >= 15 is 0 Å². The highest BCUT2D eigenvalue weighted by Gasteiger charge is 2.23. The lowest BCUT2D eigenvalue weighted by Crippen LogP contribution is -2.31. The molecule has 1 aromatic rings. The Morgan fingerprint density at radius 1 is 1.58 bits per heavy atom. The van der Waals surface area contributed by atoms with Crippen molar-refractivity contribution in [3.63, 3.8) is 0 Å². The Kier molecular flexibility index (Phi) is 4.26. The fourth-order valence-electron chi connectivity index (χ4n) is 2.17. The molecule has 2 rings (SSSR count). The Balaban J connectivity index is 2.24. The molecule has 0 aromatic carbocycles. The van der Waals surface area contributed by atoms with E-state index in [2.05, 4.69) is 15.6 Å². The lowest BCUT2D eigenvalue weighted by molar-refractivity contribution is -0.384. The predicted molar refractivity (Wildman–Crippen MR) is 69.7 cm³/mol. The second-order valence-electron chi connectivity index (χ2n) is 4.47. The first-order valence-electron chi connectivity index (χ1n) is 6.23. The van der Waals surface area contributed by atoms with E-state index in [1.165, 1.54) is 12.3 Å². The van der Waals surface area contributed by atoms with Gasteiger partial charge in [-0.2, -0.15) is 5.26 Å². The van der Waals surface area contributed by atoms with Crippen LogP contribution in [-0.2, 0) is 0 Å². The molecule has 1 aromatic heterocycles. The number of nitrogens with one attached hydrogen (secondary N) is 2. The molecule has 0 saturated carbocycles. The van der Waals surface area contributed by atoms with Gasteiger partial charge in [-0.15, -0.1) is 0 Å². The minimum Gasteiger partial charge on any atom is -0.360 e. The van der Waals surface area contributed by atoms with E-state index in [4.69, 9.17) is 5.26 Å². The Bertz CT molecular complexity index is 503. The van der Waals surface area contributed by atoms with Gasteiger partial charge in [0.1, 0.15) is 11.6 Å². The molecule has 0 bridgehead atoms. The van der Waals surface area contributed by atoms with Crippen LogP contribution in [0.15, 0.2) is 12.3 Å². The Hall–Kier alpha value is -2.20. The third-order valence-electron chi connectivity index (χ3n) is 3.12. The van der Waals surface area contributed by atoms with Gasteiger partial charge >= 0.3 is 5.69 Å². The SMILES string of the molecule is N#Cc1ccnc(NC2CCCCNC2)c1[N+](=O)[O-]. The van der Waals surface area contributed by atoms with Crippen LogP contribution in [0.2, 0.25) is 0 Å². The summed E-state index contributed by atoms with van der Waals surface area (Å²) in [6, 6.07) is 3.29. The lowest BCUT2D eigenvalue weighted by atomic mass is 10.1. The number of aromatic nitrogens is 1.